The third kappa shape index (κ3) is 3.07. The van der Waals surface area contributed by atoms with Gasteiger partial charge >= 0.3 is 0 Å². The standard InChI is InChI=1S/C24H33NO2/c1-23(2,3)27-22-9-8-21-20-12-15(14-25)19-13-16(26-5)6-7-17(19)18(20)10-11-24(21,22)4/h6-7,13,15,18,20-22H,8-12H2,1-5H3/t15-,18+,20+,21-,22-,24-/m0/s1. The Morgan fingerprint density at radius 1 is 1.15 bits per heavy atom. The summed E-state index contributed by atoms with van der Waals surface area (Å²) in [6.45, 7) is 8.98. The zero-order valence-electron chi connectivity index (χ0n) is 17.4. The molecule has 3 aliphatic rings. The van der Waals surface area contributed by atoms with Gasteiger partial charge in [0.25, 0.3) is 0 Å². The van der Waals surface area contributed by atoms with Crippen molar-refractivity contribution in [3.05, 3.63) is 29.3 Å². The van der Waals surface area contributed by atoms with Crippen LogP contribution in [0.3, 0.4) is 0 Å². The second-order valence-electron chi connectivity index (χ2n) is 10.1. The molecule has 0 saturated heterocycles. The molecule has 0 aromatic heterocycles. The van der Waals surface area contributed by atoms with Crippen molar-refractivity contribution in [1.29, 1.82) is 5.26 Å². The van der Waals surface area contributed by atoms with E-state index in [0.717, 1.165) is 18.6 Å². The van der Waals surface area contributed by atoms with Gasteiger partial charge in [-0.05, 0) is 99.3 Å². The number of benzene rings is 1. The Balaban J connectivity index is 1.67. The Hall–Kier alpha value is -1.53. The number of nitrogens with zero attached hydrogens (tertiary/aromatic N) is 1. The van der Waals surface area contributed by atoms with Crippen LogP contribution in [0.1, 0.15) is 82.8 Å². The summed E-state index contributed by atoms with van der Waals surface area (Å²) >= 11 is 0. The van der Waals surface area contributed by atoms with Gasteiger partial charge in [-0.3, -0.25) is 0 Å². The zero-order chi connectivity index (χ0) is 19.4. The average Bonchev–Trinajstić information content (AvgIpc) is 2.95. The van der Waals surface area contributed by atoms with E-state index in [1.165, 1.54) is 30.4 Å². The monoisotopic (exact) mass is 367 g/mol. The third-order valence-corrected chi connectivity index (χ3v) is 7.58. The highest BCUT2D eigenvalue weighted by Crippen LogP contribution is 2.63. The SMILES string of the molecule is COc1ccc2c(c1)[C@H](C#N)C[C@@H]1[C@@H]2CC[C@]2(C)[C@@H](OC(C)(C)C)CC[C@@H]12. The smallest absolute Gasteiger partial charge is 0.119 e. The van der Waals surface area contributed by atoms with Gasteiger partial charge in [-0.2, -0.15) is 5.26 Å². The summed E-state index contributed by atoms with van der Waals surface area (Å²) in [6.07, 6.45) is 6.17. The summed E-state index contributed by atoms with van der Waals surface area (Å²) in [5, 5.41) is 9.89. The molecule has 0 amide bonds. The van der Waals surface area contributed by atoms with E-state index >= 15 is 0 Å². The maximum absolute atomic E-state index is 9.89. The van der Waals surface area contributed by atoms with E-state index in [1.807, 2.05) is 0 Å². The molecule has 146 valence electrons. The molecule has 0 aliphatic heterocycles. The minimum atomic E-state index is -0.0929. The summed E-state index contributed by atoms with van der Waals surface area (Å²) < 4.78 is 12.0. The van der Waals surface area contributed by atoms with Gasteiger partial charge in [0.2, 0.25) is 0 Å². The van der Waals surface area contributed by atoms with Crippen LogP contribution in [-0.4, -0.2) is 18.8 Å². The highest BCUT2D eigenvalue weighted by atomic mass is 16.5. The minimum Gasteiger partial charge on any atom is -0.497 e. The van der Waals surface area contributed by atoms with E-state index in [2.05, 4.69) is 52.0 Å². The fraction of sp³-hybridized carbons (Fsp3) is 0.708. The van der Waals surface area contributed by atoms with E-state index in [-0.39, 0.29) is 16.9 Å². The quantitative estimate of drug-likeness (QED) is 0.663. The first-order valence-corrected chi connectivity index (χ1v) is 10.5. The van der Waals surface area contributed by atoms with E-state index in [9.17, 15) is 5.26 Å². The molecule has 3 heteroatoms. The van der Waals surface area contributed by atoms with Gasteiger partial charge in [0.15, 0.2) is 0 Å². The van der Waals surface area contributed by atoms with Crippen molar-refractivity contribution in [2.75, 3.05) is 7.11 Å². The number of ether oxygens (including phenoxy) is 2. The Kier molecular flexibility index (Phi) is 4.54. The lowest BCUT2D eigenvalue weighted by Gasteiger charge is -2.52. The lowest BCUT2D eigenvalue weighted by Crippen LogP contribution is -2.46. The summed E-state index contributed by atoms with van der Waals surface area (Å²) in [5.74, 6) is 2.70. The number of fused-ring (bicyclic) bond motifs is 5. The highest BCUT2D eigenvalue weighted by molar-refractivity contribution is 5.45. The van der Waals surface area contributed by atoms with Gasteiger partial charge in [-0.1, -0.05) is 13.0 Å². The molecule has 0 radical (unpaired) electrons. The van der Waals surface area contributed by atoms with Crippen molar-refractivity contribution in [1.82, 2.24) is 0 Å². The Labute approximate surface area is 164 Å². The summed E-state index contributed by atoms with van der Waals surface area (Å²) in [7, 11) is 1.70. The molecule has 0 heterocycles. The first-order chi connectivity index (χ1) is 12.8. The maximum atomic E-state index is 9.89. The number of rotatable bonds is 2. The molecule has 1 aromatic carbocycles. The van der Waals surface area contributed by atoms with Crippen molar-refractivity contribution in [3.63, 3.8) is 0 Å². The first-order valence-electron chi connectivity index (χ1n) is 10.5. The predicted molar refractivity (Wildman–Crippen MR) is 107 cm³/mol. The van der Waals surface area contributed by atoms with Gasteiger partial charge in [-0.25, -0.2) is 0 Å². The second kappa shape index (κ2) is 6.52. The fourth-order valence-electron chi connectivity index (χ4n) is 6.42. The van der Waals surface area contributed by atoms with E-state index in [0.29, 0.717) is 23.9 Å². The largest absolute Gasteiger partial charge is 0.497 e. The fourth-order valence-corrected chi connectivity index (χ4v) is 6.42. The molecule has 3 nitrogen and oxygen atoms in total. The van der Waals surface area contributed by atoms with E-state index < -0.39 is 0 Å². The molecule has 6 atom stereocenters. The molecule has 0 unspecified atom stereocenters. The molecule has 0 spiro atoms. The van der Waals surface area contributed by atoms with Crippen molar-refractivity contribution in [3.8, 4) is 11.8 Å². The van der Waals surface area contributed by atoms with Crippen LogP contribution in [0.25, 0.3) is 0 Å². The maximum Gasteiger partial charge on any atom is 0.119 e. The van der Waals surface area contributed by atoms with Crippen LogP contribution in [0.5, 0.6) is 5.75 Å². The lowest BCUT2D eigenvalue weighted by atomic mass is 9.54. The lowest BCUT2D eigenvalue weighted by molar-refractivity contribution is -0.125. The van der Waals surface area contributed by atoms with Gasteiger partial charge < -0.3 is 9.47 Å². The van der Waals surface area contributed by atoms with Crippen LogP contribution < -0.4 is 4.74 Å². The molecule has 1 aromatic rings. The summed E-state index contributed by atoms with van der Waals surface area (Å²) in [6, 6.07) is 9.01. The molecule has 0 bridgehead atoms. The van der Waals surface area contributed by atoms with Crippen molar-refractivity contribution >= 4 is 0 Å². The van der Waals surface area contributed by atoms with Gasteiger partial charge in [-0.15, -0.1) is 0 Å². The van der Waals surface area contributed by atoms with Crippen LogP contribution in [0.4, 0.5) is 0 Å². The molecule has 2 fully saturated rings. The van der Waals surface area contributed by atoms with Crippen LogP contribution in [-0.2, 0) is 4.74 Å². The topological polar surface area (TPSA) is 42.2 Å². The van der Waals surface area contributed by atoms with Gasteiger partial charge in [0, 0.05) is 0 Å². The van der Waals surface area contributed by atoms with Crippen molar-refractivity contribution in [2.45, 2.75) is 83.3 Å². The Bertz CT molecular complexity index is 759. The number of methoxy groups -OCH3 is 1. The molecular weight excluding hydrogens is 334 g/mol. The molecule has 3 aliphatic carbocycles. The number of hydrogen-bond acceptors (Lipinski definition) is 3. The second-order valence-corrected chi connectivity index (χ2v) is 10.1. The van der Waals surface area contributed by atoms with Crippen molar-refractivity contribution < 1.29 is 9.47 Å². The van der Waals surface area contributed by atoms with Gasteiger partial charge in [0.05, 0.1) is 30.8 Å². The number of hydrogen-bond donors (Lipinski definition) is 0. The predicted octanol–water partition coefficient (Wildman–Crippen LogP) is 5.80. The first kappa shape index (κ1) is 18.8. The third-order valence-electron chi connectivity index (χ3n) is 7.58. The normalized spacial score (nSPS) is 37.7. The van der Waals surface area contributed by atoms with Crippen LogP contribution in [0.2, 0.25) is 0 Å². The minimum absolute atomic E-state index is 0.0127. The summed E-state index contributed by atoms with van der Waals surface area (Å²) in [5.41, 5.74) is 2.77. The molecule has 0 N–H and O–H groups in total. The van der Waals surface area contributed by atoms with Crippen LogP contribution in [0, 0.1) is 28.6 Å². The molecule has 4 rings (SSSR count). The van der Waals surface area contributed by atoms with Crippen LogP contribution in [0.15, 0.2) is 18.2 Å². The number of nitriles is 1. The molecule has 27 heavy (non-hydrogen) atoms. The average molecular weight is 368 g/mol. The van der Waals surface area contributed by atoms with E-state index in [1.54, 1.807) is 7.11 Å². The van der Waals surface area contributed by atoms with Crippen molar-refractivity contribution in [2.24, 2.45) is 17.3 Å². The zero-order valence-corrected chi connectivity index (χ0v) is 17.4. The Morgan fingerprint density at radius 2 is 1.93 bits per heavy atom. The molecule has 2 saturated carbocycles. The van der Waals surface area contributed by atoms with Crippen LogP contribution >= 0.6 is 0 Å². The summed E-state index contributed by atoms with van der Waals surface area (Å²) in [4.78, 5) is 0. The van der Waals surface area contributed by atoms with Gasteiger partial charge in [0.1, 0.15) is 5.75 Å². The van der Waals surface area contributed by atoms with E-state index in [4.69, 9.17) is 9.47 Å². The Morgan fingerprint density at radius 3 is 2.59 bits per heavy atom. The highest BCUT2D eigenvalue weighted by Gasteiger charge is 2.56. The molecular formula is C24H33NO2.